The second-order valence-corrected chi connectivity index (χ2v) is 7.80. The van der Waals surface area contributed by atoms with Gasteiger partial charge in [0.1, 0.15) is 6.33 Å². The van der Waals surface area contributed by atoms with Gasteiger partial charge in [-0.1, -0.05) is 30.3 Å². The second kappa shape index (κ2) is 5.87. The predicted molar refractivity (Wildman–Crippen MR) is 102 cm³/mol. The van der Waals surface area contributed by atoms with E-state index in [0.717, 1.165) is 5.56 Å². The van der Waals surface area contributed by atoms with Crippen molar-refractivity contribution in [1.82, 2.24) is 24.4 Å². The van der Waals surface area contributed by atoms with E-state index >= 15 is 0 Å². The van der Waals surface area contributed by atoms with Gasteiger partial charge in [-0.3, -0.25) is 14.0 Å². The average molecular weight is 389 g/mol. The molecule has 2 aromatic heterocycles. The number of pyridine rings is 1. The smallest absolute Gasteiger partial charge is 0.258 e. The second-order valence-electron chi connectivity index (χ2n) is 7.80. The Morgan fingerprint density at radius 2 is 2.03 bits per heavy atom. The molecule has 0 radical (unpaired) electrons. The minimum Gasteiger partial charge on any atom is -0.351 e. The molecule has 5 heterocycles. The van der Waals surface area contributed by atoms with E-state index in [1.807, 2.05) is 41.4 Å². The van der Waals surface area contributed by atoms with E-state index in [0.29, 0.717) is 30.8 Å². The Labute approximate surface area is 166 Å². The Morgan fingerprint density at radius 1 is 1.17 bits per heavy atom. The van der Waals surface area contributed by atoms with Crippen molar-refractivity contribution in [2.24, 2.45) is 0 Å². The Bertz CT molecular complexity index is 1130. The van der Waals surface area contributed by atoms with Gasteiger partial charge in [-0.05, 0) is 17.7 Å². The van der Waals surface area contributed by atoms with Crippen LogP contribution in [0, 0.1) is 0 Å². The van der Waals surface area contributed by atoms with Crippen molar-refractivity contribution in [2.75, 3.05) is 13.2 Å². The molecule has 1 spiro atoms. The standard InChI is InChI=1S/C21H19N5O3/c27-18-11-17-21(26(18)16(12-29-21)14-5-2-1-3-6-14)8-10-25(17)20(28)15-7-4-9-24-13-22-23-19(15)24/h1-7,9,13,16-17H,8,10-12H2/t16-,17+,21-/m0/s1. The molecule has 6 rings (SSSR count). The molecule has 8 heteroatoms. The van der Waals surface area contributed by atoms with Crippen molar-refractivity contribution in [3.8, 4) is 0 Å². The first-order valence-electron chi connectivity index (χ1n) is 9.79. The number of hydrogen-bond donors (Lipinski definition) is 0. The van der Waals surface area contributed by atoms with Crippen molar-refractivity contribution in [1.29, 1.82) is 0 Å². The highest BCUT2D eigenvalue weighted by Crippen LogP contribution is 2.51. The van der Waals surface area contributed by atoms with Crippen LogP contribution in [-0.2, 0) is 9.53 Å². The lowest BCUT2D eigenvalue weighted by Gasteiger charge is -2.33. The van der Waals surface area contributed by atoms with Crippen LogP contribution in [0.15, 0.2) is 55.0 Å². The largest absolute Gasteiger partial charge is 0.351 e. The van der Waals surface area contributed by atoms with Crippen molar-refractivity contribution < 1.29 is 14.3 Å². The highest BCUT2D eigenvalue weighted by atomic mass is 16.5. The first kappa shape index (κ1) is 16.7. The molecule has 0 aliphatic carbocycles. The van der Waals surface area contributed by atoms with Crippen molar-refractivity contribution in [3.63, 3.8) is 0 Å². The maximum Gasteiger partial charge on any atom is 0.258 e. The van der Waals surface area contributed by atoms with Gasteiger partial charge < -0.3 is 14.5 Å². The van der Waals surface area contributed by atoms with Crippen molar-refractivity contribution in [3.05, 3.63) is 66.1 Å². The number of fused-ring (bicyclic) bond motifs is 1. The zero-order valence-electron chi connectivity index (χ0n) is 15.6. The number of rotatable bonds is 2. The van der Waals surface area contributed by atoms with Crippen LogP contribution in [0.4, 0.5) is 0 Å². The van der Waals surface area contributed by atoms with E-state index in [1.165, 1.54) is 0 Å². The van der Waals surface area contributed by atoms with Crippen LogP contribution in [0.5, 0.6) is 0 Å². The fourth-order valence-corrected chi connectivity index (χ4v) is 5.18. The van der Waals surface area contributed by atoms with E-state index in [2.05, 4.69) is 10.2 Å². The molecule has 146 valence electrons. The molecule has 0 saturated carbocycles. The van der Waals surface area contributed by atoms with Gasteiger partial charge >= 0.3 is 0 Å². The number of ether oxygens (including phenoxy) is 1. The Balaban J connectivity index is 1.36. The highest BCUT2D eigenvalue weighted by Gasteiger charge is 2.65. The summed E-state index contributed by atoms with van der Waals surface area (Å²) in [5, 5.41) is 7.99. The monoisotopic (exact) mass is 389 g/mol. The number of likely N-dealkylation sites (tertiary alicyclic amines) is 1. The highest BCUT2D eigenvalue weighted by molar-refractivity contribution is 6.00. The molecule has 2 amide bonds. The van der Waals surface area contributed by atoms with Gasteiger partial charge in [-0.15, -0.1) is 10.2 Å². The minimum atomic E-state index is -0.730. The van der Waals surface area contributed by atoms with Gasteiger partial charge in [0.15, 0.2) is 11.4 Å². The van der Waals surface area contributed by atoms with E-state index in [1.54, 1.807) is 27.8 Å². The number of amides is 2. The molecule has 3 aliphatic rings. The number of carbonyl (C=O) groups is 2. The number of nitrogens with zero attached hydrogens (tertiary/aromatic N) is 5. The maximum absolute atomic E-state index is 13.4. The Kier molecular flexibility index (Phi) is 3.37. The first-order chi connectivity index (χ1) is 14.2. The molecule has 3 atom stereocenters. The van der Waals surface area contributed by atoms with E-state index < -0.39 is 5.72 Å². The summed E-state index contributed by atoms with van der Waals surface area (Å²) in [6, 6.07) is 13.1. The minimum absolute atomic E-state index is 0.0412. The van der Waals surface area contributed by atoms with Gasteiger partial charge in [-0.25, -0.2) is 0 Å². The lowest BCUT2D eigenvalue weighted by molar-refractivity contribution is -0.138. The molecule has 0 unspecified atom stereocenters. The normalized spacial score (nSPS) is 28.2. The summed E-state index contributed by atoms with van der Waals surface area (Å²) < 4.78 is 8.02. The number of hydrogen-bond acceptors (Lipinski definition) is 5. The predicted octanol–water partition coefficient (Wildman–Crippen LogP) is 1.64. The SMILES string of the molecule is O=C(c1cccn2cnnc12)N1CC[C@@]23OC[C@@H](c4ccccc4)N2C(=O)C[C@@H]13. The summed E-state index contributed by atoms with van der Waals surface area (Å²) in [5.41, 5.74) is 1.35. The third kappa shape index (κ3) is 2.17. The van der Waals surface area contributed by atoms with Crippen LogP contribution in [0.1, 0.15) is 34.8 Å². The summed E-state index contributed by atoms with van der Waals surface area (Å²) in [5.74, 6) is -0.0913. The molecular weight excluding hydrogens is 370 g/mol. The van der Waals surface area contributed by atoms with Gasteiger partial charge in [0, 0.05) is 19.2 Å². The van der Waals surface area contributed by atoms with Crippen LogP contribution in [-0.4, -0.2) is 61.1 Å². The molecule has 3 saturated heterocycles. The van der Waals surface area contributed by atoms with Crippen LogP contribution in [0.2, 0.25) is 0 Å². The zero-order valence-corrected chi connectivity index (χ0v) is 15.6. The fraction of sp³-hybridized carbons (Fsp3) is 0.333. The molecule has 8 nitrogen and oxygen atoms in total. The Hall–Kier alpha value is -3.26. The molecule has 29 heavy (non-hydrogen) atoms. The first-order valence-corrected chi connectivity index (χ1v) is 9.79. The topological polar surface area (TPSA) is 80.0 Å². The van der Waals surface area contributed by atoms with E-state index in [4.69, 9.17) is 4.74 Å². The molecule has 3 fully saturated rings. The molecule has 3 aromatic rings. The summed E-state index contributed by atoms with van der Waals surface area (Å²) in [6.07, 6.45) is 4.28. The van der Waals surface area contributed by atoms with Crippen molar-refractivity contribution in [2.45, 2.75) is 30.7 Å². The third-order valence-corrected chi connectivity index (χ3v) is 6.45. The van der Waals surface area contributed by atoms with Crippen LogP contribution >= 0.6 is 0 Å². The third-order valence-electron chi connectivity index (χ3n) is 6.45. The summed E-state index contributed by atoms with van der Waals surface area (Å²) >= 11 is 0. The van der Waals surface area contributed by atoms with E-state index in [-0.39, 0.29) is 30.3 Å². The fourth-order valence-electron chi connectivity index (χ4n) is 5.18. The Morgan fingerprint density at radius 3 is 2.90 bits per heavy atom. The average Bonchev–Trinajstić information content (AvgIpc) is 3.49. The lowest BCUT2D eigenvalue weighted by atomic mass is 10.0. The molecule has 1 aromatic carbocycles. The molecule has 0 N–H and O–H groups in total. The number of benzene rings is 1. The maximum atomic E-state index is 13.4. The van der Waals surface area contributed by atoms with Crippen LogP contribution in [0.25, 0.3) is 5.65 Å². The summed E-state index contributed by atoms with van der Waals surface area (Å²) in [7, 11) is 0. The van der Waals surface area contributed by atoms with Crippen LogP contribution < -0.4 is 0 Å². The van der Waals surface area contributed by atoms with E-state index in [9.17, 15) is 9.59 Å². The summed E-state index contributed by atoms with van der Waals surface area (Å²) in [6.45, 7) is 0.998. The number of carbonyl (C=O) groups excluding carboxylic acids is 2. The van der Waals surface area contributed by atoms with Crippen LogP contribution in [0.3, 0.4) is 0 Å². The molecule has 3 aliphatic heterocycles. The molecule has 0 bridgehead atoms. The number of aromatic nitrogens is 3. The van der Waals surface area contributed by atoms with Gasteiger partial charge in [0.25, 0.3) is 5.91 Å². The quantitative estimate of drug-likeness (QED) is 0.666. The molecular formula is C21H19N5O3. The zero-order chi connectivity index (χ0) is 19.6. The van der Waals surface area contributed by atoms with Gasteiger partial charge in [-0.2, -0.15) is 0 Å². The van der Waals surface area contributed by atoms with Gasteiger partial charge in [0.05, 0.1) is 30.7 Å². The van der Waals surface area contributed by atoms with Gasteiger partial charge in [0.2, 0.25) is 5.91 Å². The van der Waals surface area contributed by atoms with Crippen molar-refractivity contribution >= 4 is 17.5 Å². The summed E-state index contributed by atoms with van der Waals surface area (Å²) in [4.78, 5) is 30.1. The lowest BCUT2D eigenvalue weighted by Crippen LogP contribution is -2.49.